The molecule has 0 saturated carbocycles. The summed E-state index contributed by atoms with van der Waals surface area (Å²) in [5, 5.41) is 3.42. The molecule has 0 aliphatic rings. The van der Waals surface area contributed by atoms with E-state index in [1.807, 2.05) is 7.05 Å². The molecule has 0 amide bonds. The minimum atomic E-state index is 0.482. The zero-order valence-electron chi connectivity index (χ0n) is 9.89. The van der Waals surface area contributed by atoms with Crippen molar-refractivity contribution in [2.45, 2.75) is 38.6 Å². The molecular weight excluding hydrogens is 377 g/mol. The lowest BCUT2D eigenvalue weighted by Crippen LogP contribution is -2.17. The van der Waals surface area contributed by atoms with Gasteiger partial charge in [0, 0.05) is 14.1 Å². The van der Waals surface area contributed by atoms with E-state index in [0.29, 0.717) is 6.04 Å². The van der Waals surface area contributed by atoms with Gasteiger partial charge in [-0.3, -0.25) is 0 Å². The zero-order chi connectivity index (χ0) is 12.0. The van der Waals surface area contributed by atoms with E-state index in [0.717, 1.165) is 0 Å². The molecule has 1 aromatic carbocycles. The Morgan fingerprint density at radius 1 is 1.38 bits per heavy atom. The maximum Gasteiger partial charge on any atom is 0.0328 e. The second-order valence-electron chi connectivity index (χ2n) is 4.00. The molecule has 16 heavy (non-hydrogen) atoms. The smallest absolute Gasteiger partial charge is 0.0328 e. The molecule has 0 bridgehead atoms. The van der Waals surface area contributed by atoms with E-state index in [1.165, 1.54) is 39.3 Å². The van der Waals surface area contributed by atoms with Crippen LogP contribution in [0.25, 0.3) is 0 Å². The SMILES string of the molecule is CCCCCC(NC)c1cc(Br)ccc1I. The van der Waals surface area contributed by atoms with E-state index in [2.05, 4.69) is 69.0 Å². The highest BCUT2D eigenvalue weighted by molar-refractivity contribution is 14.1. The van der Waals surface area contributed by atoms with E-state index in [9.17, 15) is 0 Å². The van der Waals surface area contributed by atoms with Crippen LogP contribution in [0.3, 0.4) is 0 Å². The molecule has 0 spiro atoms. The van der Waals surface area contributed by atoms with Gasteiger partial charge >= 0.3 is 0 Å². The number of hydrogen-bond acceptors (Lipinski definition) is 1. The molecule has 0 saturated heterocycles. The molecule has 0 fully saturated rings. The van der Waals surface area contributed by atoms with Gasteiger partial charge in [0.2, 0.25) is 0 Å². The molecule has 3 heteroatoms. The van der Waals surface area contributed by atoms with Crippen LogP contribution in [0.1, 0.15) is 44.2 Å². The lowest BCUT2D eigenvalue weighted by atomic mass is 10.0. The van der Waals surface area contributed by atoms with Crippen LogP contribution >= 0.6 is 38.5 Å². The lowest BCUT2D eigenvalue weighted by Gasteiger charge is -2.18. The van der Waals surface area contributed by atoms with Gasteiger partial charge < -0.3 is 5.32 Å². The number of rotatable bonds is 6. The van der Waals surface area contributed by atoms with E-state index >= 15 is 0 Å². The van der Waals surface area contributed by atoms with Gasteiger partial charge in [-0.1, -0.05) is 42.1 Å². The Kier molecular flexibility index (Phi) is 6.92. The van der Waals surface area contributed by atoms with Crippen molar-refractivity contribution in [2.24, 2.45) is 0 Å². The molecule has 1 aromatic rings. The summed E-state index contributed by atoms with van der Waals surface area (Å²) in [7, 11) is 2.05. The molecule has 0 heterocycles. The molecule has 0 aliphatic carbocycles. The van der Waals surface area contributed by atoms with Crippen molar-refractivity contribution in [3.8, 4) is 0 Å². The van der Waals surface area contributed by atoms with Gasteiger partial charge in [0.1, 0.15) is 0 Å². The topological polar surface area (TPSA) is 12.0 Å². The molecule has 90 valence electrons. The summed E-state index contributed by atoms with van der Waals surface area (Å²) < 4.78 is 2.51. The summed E-state index contributed by atoms with van der Waals surface area (Å²) in [5.74, 6) is 0. The molecule has 1 atom stereocenters. The third-order valence-electron chi connectivity index (χ3n) is 2.78. The summed E-state index contributed by atoms with van der Waals surface area (Å²) in [5.41, 5.74) is 1.41. The molecule has 0 radical (unpaired) electrons. The van der Waals surface area contributed by atoms with Gasteiger partial charge in [0.25, 0.3) is 0 Å². The highest BCUT2D eigenvalue weighted by atomic mass is 127. The molecule has 0 aliphatic heterocycles. The third-order valence-corrected chi connectivity index (χ3v) is 4.25. The van der Waals surface area contributed by atoms with E-state index in [4.69, 9.17) is 0 Å². The van der Waals surface area contributed by atoms with Crippen LogP contribution in [0.15, 0.2) is 22.7 Å². The van der Waals surface area contributed by atoms with Crippen LogP contribution < -0.4 is 5.32 Å². The van der Waals surface area contributed by atoms with Crippen molar-refractivity contribution >= 4 is 38.5 Å². The number of benzene rings is 1. The summed E-state index contributed by atoms with van der Waals surface area (Å²) in [6.45, 7) is 2.25. The number of nitrogens with one attached hydrogen (secondary N) is 1. The molecule has 0 aromatic heterocycles. The average molecular weight is 396 g/mol. The Labute approximate surface area is 121 Å². The van der Waals surface area contributed by atoms with Crippen LogP contribution in [0, 0.1) is 3.57 Å². The fourth-order valence-corrected chi connectivity index (χ4v) is 2.93. The Morgan fingerprint density at radius 2 is 2.12 bits per heavy atom. The molecule has 1 N–H and O–H groups in total. The van der Waals surface area contributed by atoms with Gasteiger partial charge in [-0.2, -0.15) is 0 Å². The molecule has 1 nitrogen and oxygen atoms in total. The predicted octanol–water partition coefficient (Wildman–Crippen LogP) is 4.89. The van der Waals surface area contributed by atoms with Crippen LogP contribution in [0.4, 0.5) is 0 Å². The third kappa shape index (κ3) is 4.34. The maximum atomic E-state index is 3.54. The standard InChI is InChI=1S/C13H19BrIN/c1-3-4-5-6-13(16-2)11-9-10(14)7-8-12(11)15/h7-9,13,16H,3-6H2,1-2H3. The van der Waals surface area contributed by atoms with Crippen molar-refractivity contribution in [2.75, 3.05) is 7.05 Å². The Morgan fingerprint density at radius 3 is 2.75 bits per heavy atom. The van der Waals surface area contributed by atoms with Crippen LogP contribution in [-0.4, -0.2) is 7.05 Å². The van der Waals surface area contributed by atoms with Gasteiger partial charge in [-0.05, 0) is 59.8 Å². The first-order chi connectivity index (χ1) is 7.69. The Bertz CT molecular complexity index is 328. The zero-order valence-corrected chi connectivity index (χ0v) is 13.6. The van der Waals surface area contributed by atoms with E-state index < -0.39 is 0 Å². The van der Waals surface area contributed by atoms with Crippen LogP contribution in [-0.2, 0) is 0 Å². The van der Waals surface area contributed by atoms with Gasteiger partial charge in [-0.15, -0.1) is 0 Å². The lowest BCUT2D eigenvalue weighted by molar-refractivity contribution is 0.510. The number of hydrogen-bond donors (Lipinski definition) is 1. The number of unbranched alkanes of at least 4 members (excludes halogenated alkanes) is 2. The van der Waals surface area contributed by atoms with Gasteiger partial charge in [0.15, 0.2) is 0 Å². The summed E-state index contributed by atoms with van der Waals surface area (Å²) >= 11 is 5.96. The highest BCUT2D eigenvalue weighted by Gasteiger charge is 2.12. The molecule has 1 unspecified atom stereocenters. The summed E-state index contributed by atoms with van der Waals surface area (Å²) in [6.07, 6.45) is 5.12. The predicted molar refractivity (Wildman–Crippen MR) is 82.8 cm³/mol. The molecular formula is C13H19BrIN. The van der Waals surface area contributed by atoms with Crippen LogP contribution in [0.5, 0.6) is 0 Å². The Balaban J connectivity index is 2.73. The first-order valence-electron chi connectivity index (χ1n) is 5.81. The highest BCUT2D eigenvalue weighted by Crippen LogP contribution is 2.27. The van der Waals surface area contributed by atoms with Crippen molar-refractivity contribution in [3.05, 3.63) is 31.8 Å². The van der Waals surface area contributed by atoms with Crippen LogP contribution in [0.2, 0.25) is 0 Å². The fourth-order valence-electron chi connectivity index (χ4n) is 1.84. The normalized spacial score (nSPS) is 12.8. The monoisotopic (exact) mass is 395 g/mol. The molecule has 1 rings (SSSR count). The van der Waals surface area contributed by atoms with Crippen molar-refractivity contribution in [3.63, 3.8) is 0 Å². The van der Waals surface area contributed by atoms with Crippen molar-refractivity contribution in [1.29, 1.82) is 0 Å². The van der Waals surface area contributed by atoms with Gasteiger partial charge in [-0.25, -0.2) is 0 Å². The summed E-state index contributed by atoms with van der Waals surface area (Å²) in [6, 6.07) is 6.99. The summed E-state index contributed by atoms with van der Waals surface area (Å²) in [4.78, 5) is 0. The van der Waals surface area contributed by atoms with E-state index in [-0.39, 0.29) is 0 Å². The minimum absolute atomic E-state index is 0.482. The first kappa shape index (κ1) is 14.5. The Hall–Kier alpha value is 0.390. The first-order valence-corrected chi connectivity index (χ1v) is 7.68. The second-order valence-corrected chi connectivity index (χ2v) is 6.08. The largest absolute Gasteiger partial charge is 0.313 e. The minimum Gasteiger partial charge on any atom is -0.313 e. The van der Waals surface area contributed by atoms with E-state index in [1.54, 1.807) is 0 Å². The number of halogens is 2. The fraction of sp³-hybridized carbons (Fsp3) is 0.538. The quantitative estimate of drug-likeness (QED) is 0.533. The van der Waals surface area contributed by atoms with Crippen molar-refractivity contribution in [1.82, 2.24) is 5.32 Å². The van der Waals surface area contributed by atoms with Gasteiger partial charge in [0.05, 0.1) is 0 Å². The average Bonchev–Trinajstić information content (AvgIpc) is 2.28. The second kappa shape index (κ2) is 7.67. The maximum absolute atomic E-state index is 3.54. The van der Waals surface area contributed by atoms with Crippen molar-refractivity contribution < 1.29 is 0 Å².